The maximum atomic E-state index is 5.77. The summed E-state index contributed by atoms with van der Waals surface area (Å²) in [4.78, 5) is 8.96. The van der Waals surface area contributed by atoms with Crippen LogP contribution in [0.15, 0.2) is 6.20 Å². The Morgan fingerprint density at radius 3 is 2.68 bits per heavy atom. The average molecular weight is 307 g/mol. The highest BCUT2D eigenvalue weighted by Crippen LogP contribution is 2.32. The number of nitrogens with zero attached hydrogens (tertiary/aromatic N) is 5. The third-order valence-electron chi connectivity index (χ3n) is 4.39. The molecule has 0 aromatic carbocycles. The molecule has 1 aromatic rings. The Morgan fingerprint density at radius 2 is 2.00 bits per heavy atom. The van der Waals surface area contributed by atoms with E-state index < -0.39 is 0 Å². The Labute approximate surface area is 131 Å². The molecule has 3 rings (SSSR count). The zero-order valence-corrected chi connectivity index (χ0v) is 13.5. The molecule has 0 atom stereocenters. The van der Waals surface area contributed by atoms with Crippen LogP contribution in [0.5, 0.6) is 0 Å². The molecule has 2 saturated heterocycles. The van der Waals surface area contributed by atoms with Crippen LogP contribution < -0.4 is 9.80 Å². The second-order valence-electron chi connectivity index (χ2n) is 5.98. The first-order chi connectivity index (χ1) is 10.7. The van der Waals surface area contributed by atoms with Crippen molar-refractivity contribution in [1.29, 1.82) is 0 Å². The molecule has 3 heterocycles. The number of unbranched alkanes of at least 4 members (excludes halogenated alkanes) is 1. The van der Waals surface area contributed by atoms with Gasteiger partial charge in [-0.3, -0.25) is 0 Å². The summed E-state index contributed by atoms with van der Waals surface area (Å²) in [5.74, 6) is 1.23. The first kappa shape index (κ1) is 15.4. The average Bonchev–Trinajstić information content (AvgIpc) is 3.01. The smallest absolute Gasteiger partial charge is 0.247 e. The molecule has 0 bridgehead atoms. The third kappa shape index (κ3) is 3.30. The zero-order chi connectivity index (χ0) is 15.4. The SMILES string of the molecule is CCCCN(C)c1nncc(N2CCC3(CC2)OCCO3)n1. The Bertz CT molecular complexity index is 483. The quantitative estimate of drug-likeness (QED) is 0.816. The van der Waals surface area contributed by atoms with Crippen LogP contribution in [0.2, 0.25) is 0 Å². The molecule has 22 heavy (non-hydrogen) atoms. The molecule has 0 saturated carbocycles. The number of anilines is 2. The predicted octanol–water partition coefficient (Wildman–Crippen LogP) is 1.45. The summed E-state index contributed by atoms with van der Waals surface area (Å²) in [5.41, 5.74) is 0. The first-order valence-electron chi connectivity index (χ1n) is 8.16. The topological polar surface area (TPSA) is 63.6 Å². The molecule has 0 unspecified atom stereocenters. The van der Waals surface area contributed by atoms with Gasteiger partial charge in [-0.05, 0) is 6.42 Å². The van der Waals surface area contributed by atoms with Crippen molar-refractivity contribution in [3.8, 4) is 0 Å². The van der Waals surface area contributed by atoms with Crippen LogP contribution in [0.1, 0.15) is 32.6 Å². The van der Waals surface area contributed by atoms with E-state index in [1.165, 1.54) is 0 Å². The lowest BCUT2D eigenvalue weighted by molar-refractivity contribution is -0.169. The fourth-order valence-electron chi connectivity index (χ4n) is 2.96. The van der Waals surface area contributed by atoms with Gasteiger partial charge in [0.15, 0.2) is 11.6 Å². The van der Waals surface area contributed by atoms with Crippen molar-refractivity contribution in [3.05, 3.63) is 6.20 Å². The molecular formula is C15H25N5O2. The van der Waals surface area contributed by atoms with Crippen LogP contribution in [0, 0.1) is 0 Å². The lowest BCUT2D eigenvalue weighted by Gasteiger charge is -2.38. The number of hydrogen-bond donors (Lipinski definition) is 0. The van der Waals surface area contributed by atoms with Gasteiger partial charge in [-0.25, -0.2) is 0 Å². The number of hydrogen-bond acceptors (Lipinski definition) is 7. The minimum Gasteiger partial charge on any atom is -0.355 e. The van der Waals surface area contributed by atoms with Crippen LogP contribution in [0.4, 0.5) is 11.8 Å². The van der Waals surface area contributed by atoms with Crippen molar-refractivity contribution < 1.29 is 9.47 Å². The monoisotopic (exact) mass is 307 g/mol. The number of aromatic nitrogens is 3. The summed E-state index contributed by atoms with van der Waals surface area (Å²) in [5, 5.41) is 8.27. The minimum atomic E-state index is -0.349. The van der Waals surface area contributed by atoms with E-state index in [0.717, 1.165) is 51.1 Å². The number of piperidine rings is 1. The highest BCUT2D eigenvalue weighted by Gasteiger charge is 2.40. The summed E-state index contributed by atoms with van der Waals surface area (Å²) in [7, 11) is 2.02. The van der Waals surface area contributed by atoms with E-state index in [0.29, 0.717) is 19.2 Å². The number of ether oxygens (including phenoxy) is 2. The Balaban J connectivity index is 1.63. The minimum absolute atomic E-state index is 0.349. The maximum Gasteiger partial charge on any atom is 0.247 e. The Kier molecular flexibility index (Phi) is 4.73. The zero-order valence-electron chi connectivity index (χ0n) is 13.5. The van der Waals surface area contributed by atoms with Crippen molar-refractivity contribution >= 4 is 11.8 Å². The summed E-state index contributed by atoms with van der Waals surface area (Å²) in [6.07, 6.45) is 5.78. The van der Waals surface area contributed by atoms with Crippen LogP contribution in [-0.4, -0.2) is 60.9 Å². The van der Waals surface area contributed by atoms with Gasteiger partial charge in [-0.1, -0.05) is 13.3 Å². The molecule has 0 radical (unpaired) electrons. The van der Waals surface area contributed by atoms with Crippen LogP contribution in [0.25, 0.3) is 0 Å². The molecule has 2 fully saturated rings. The molecule has 7 heteroatoms. The molecule has 0 N–H and O–H groups in total. The molecule has 0 aliphatic carbocycles. The Morgan fingerprint density at radius 1 is 1.27 bits per heavy atom. The molecule has 7 nitrogen and oxygen atoms in total. The van der Waals surface area contributed by atoms with Gasteiger partial charge in [0, 0.05) is 39.5 Å². The Hall–Kier alpha value is -1.47. The predicted molar refractivity (Wildman–Crippen MR) is 84.1 cm³/mol. The number of rotatable bonds is 5. The summed E-state index contributed by atoms with van der Waals surface area (Å²) in [6.45, 7) is 6.29. The van der Waals surface area contributed by atoms with Gasteiger partial charge >= 0.3 is 0 Å². The summed E-state index contributed by atoms with van der Waals surface area (Å²) in [6, 6.07) is 0. The fraction of sp³-hybridized carbons (Fsp3) is 0.800. The van der Waals surface area contributed by atoms with Gasteiger partial charge in [0.25, 0.3) is 0 Å². The normalized spacial score (nSPS) is 20.5. The summed E-state index contributed by atoms with van der Waals surface area (Å²) < 4.78 is 11.5. The second-order valence-corrected chi connectivity index (χ2v) is 5.98. The lowest BCUT2D eigenvalue weighted by Crippen LogP contribution is -2.45. The van der Waals surface area contributed by atoms with Gasteiger partial charge in [0.2, 0.25) is 5.95 Å². The van der Waals surface area contributed by atoms with E-state index in [-0.39, 0.29) is 5.79 Å². The van der Waals surface area contributed by atoms with Gasteiger partial charge in [-0.2, -0.15) is 10.1 Å². The van der Waals surface area contributed by atoms with Crippen molar-refractivity contribution in [1.82, 2.24) is 15.2 Å². The van der Waals surface area contributed by atoms with E-state index in [1.807, 2.05) is 7.05 Å². The molecule has 1 spiro atoms. The first-order valence-corrected chi connectivity index (χ1v) is 8.16. The summed E-state index contributed by atoms with van der Waals surface area (Å²) >= 11 is 0. The van der Waals surface area contributed by atoms with Crippen molar-refractivity contribution in [3.63, 3.8) is 0 Å². The van der Waals surface area contributed by atoms with E-state index >= 15 is 0 Å². The maximum absolute atomic E-state index is 5.77. The van der Waals surface area contributed by atoms with Crippen LogP contribution in [0.3, 0.4) is 0 Å². The van der Waals surface area contributed by atoms with Crippen LogP contribution in [-0.2, 0) is 9.47 Å². The van der Waals surface area contributed by atoms with E-state index in [1.54, 1.807) is 6.20 Å². The molecule has 1 aromatic heterocycles. The largest absolute Gasteiger partial charge is 0.355 e. The highest BCUT2D eigenvalue weighted by atomic mass is 16.7. The lowest BCUT2D eigenvalue weighted by atomic mass is 10.0. The highest BCUT2D eigenvalue weighted by molar-refractivity contribution is 5.41. The van der Waals surface area contributed by atoms with Crippen molar-refractivity contribution in [2.24, 2.45) is 0 Å². The molecule has 122 valence electrons. The standard InChI is InChI=1S/C15H25N5O2/c1-3-4-7-19(2)14-17-13(12-16-18-14)20-8-5-15(6-9-20)21-10-11-22-15/h12H,3-11H2,1-2H3. The third-order valence-corrected chi connectivity index (χ3v) is 4.39. The van der Waals surface area contributed by atoms with Crippen molar-refractivity contribution in [2.75, 3.05) is 49.7 Å². The fourth-order valence-corrected chi connectivity index (χ4v) is 2.96. The molecule has 0 amide bonds. The van der Waals surface area contributed by atoms with E-state index in [9.17, 15) is 0 Å². The van der Waals surface area contributed by atoms with Crippen LogP contribution >= 0.6 is 0 Å². The van der Waals surface area contributed by atoms with E-state index in [4.69, 9.17) is 9.47 Å². The molecule has 2 aliphatic rings. The van der Waals surface area contributed by atoms with Crippen molar-refractivity contribution in [2.45, 2.75) is 38.4 Å². The second kappa shape index (κ2) is 6.75. The van der Waals surface area contributed by atoms with Gasteiger partial charge in [-0.15, -0.1) is 5.10 Å². The molecule has 2 aliphatic heterocycles. The van der Waals surface area contributed by atoms with Gasteiger partial charge in [0.1, 0.15) is 0 Å². The molecular weight excluding hydrogens is 282 g/mol. The van der Waals surface area contributed by atoms with Gasteiger partial charge in [0.05, 0.1) is 19.4 Å². The van der Waals surface area contributed by atoms with E-state index in [2.05, 4.69) is 31.9 Å². The van der Waals surface area contributed by atoms with Gasteiger partial charge < -0.3 is 19.3 Å².